The van der Waals surface area contributed by atoms with Crippen molar-refractivity contribution in [1.29, 1.82) is 0 Å². The van der Waals surface area contributed by atoms with Crippen molar-refractivity contribution in [2.45, 2.75) is 63.7 Å². The van der Waals surface area contributed by atoms with Crippen molar-refractivity contribution in [2.75, 3.05) is 6.61 Å². The molecular weight excluding hydrogens is 308 g/mol. The standard InChI is InChI=1S/C16H25ClO3S/c1-3-4-5-6-7-8-9-12-20-15-11-10-14(2)13-16(15)21(17,18)19/h10-11,13H,3-9,12H2,1-2H3. The van der Waals surface area contributed by atoms with Gasteiger partial charge in [0.25, 0.3) is 9.05 Å². The Morgan fingerprint density at radius 1 is 1.05 bits per heavy atom. The number of benzene rings is 1. The summed E-state index contributed by atoms with van der Waals surface area (Å²) in [5, 5.41) is 0. The van der Waals surface area contributed by atoms with Gasteiger partial charge in [-0.3, -0.25) is 0 Å². The van der Waals surface area contributed by atoms with E-state index in [1.165, 1.54) is 32.1 Å². The Morgan fingerprint density at radius 3 is 2.29 bits per heavy atom. The highest BCUT2D eigenvalue weighted by Crippen LogP contribution is 2.28. The van der Waals surface area contributed by atoms with Crippen molar-refractivity contribution >= 4 is 19.7 Å². The van der Waals surface area contributed by atoms with Crippen LogP contribution in [-0.4, -0.2) is 15.0 Å². The van der Waals surface area contributed by atoms with Crippen molar-refractivity contribution in [3.8, 4) is 5.75 Å². The molecule has 1 aromatic carbocycles. The molecule has 0 saturated carbocycles. The second kappa shape index (κ2) is 9.31. The zero-order chi connectivity index (χ0) is 15.7. The van der Waals surface area contributed by atoms with Crippen LogP contribution in [0.25, 0.3) is 0 Å². The van der Waals surface area contributed by atoms with E-state index in [2.05, 4.69) is 6.92 Å². The lowest BCUT2D eigenvalue weighted by atomic mass is 10.1. The lowest BCUT2D eigenvalue weighted by molar-refractivity contribution is 0.297. The van der Waals surface area contributed by atoms with Gasteiger partial charge in [0.1, 0.15) is 10.6 Å². The third kappa shape index (κ3) is 7.18. The summed E-state index contributed by atoms with van der Waals surface area (Å²) in [7, 11) is 1.67. The van der Waals surface area contributed by atoms with Crippen molar-refractivity contribution in [3.05, 3.63) is 23.8 Å². The summed E-state index contributed by atoms with van der Waals surface area (Å²) < 4.78 is 28.6. The van der Waals surface area contributed by atoms with Crippen LogP contribution in [0.3, 0.4) is 0 Å². The number of aryl methyl sites for hydroxylation is 1. The van der Waals surface area contributed by atoms with Crippen molar-refractivity contribution in [2.24, 2.45) is 0 Å². The van der Waals surface area contributed by atoms with Crippen LogP contribution in [0.5, 0.6) is 5.75 Å². The van der Waals surface area contributed by atoms with Gasteiger partial charge < -0.3 is 4.74 Å². The highest BCUT2D eigenvalue weighted by atomic mass is 35.7. The maximum Gasteiger partial charge on any atom is 0.264 e. The number of unbranched alkanes of at least 4 members (excludes halogenated alkanes) is 6. The van der Waals surface area contributed by atoms with Gasteiger partial charge in [-0.05, 0) is 31.0 Å². The van der Waals surface area contributed by atoms with Crippen molar-refractivity contribution in [1.82, 2.24) is 0 Å². The van der Waals surface area contributed by atoms with Gasteiger partial charge in [0, 0.05) is 10.7 Å². The Labute approximate surface area is 133 Å². The van der Waals surface area contributed by atoms with Crippen LogP contribution in [-0.2, 0) is 9.05 Å². The first-order valence-electron chi connectivity index (χ1n) is 7.63. The Bertz CT molecular complexity index is 526. The molecule has 0 aliphatic heterocycles. The van der Waals surface area contributed by atoms with E-state index < -0.39 is 9.05 Å². The molecule has 21 heavy (non-hydrogen) atoms. The number of rotatable bonds is 10. The molecule has 0 saturated heterocycles. The minimum absolute atomic E-state index is 0.0621. The lowest BCUT2D eigenvalue weighted by Crippen LogP contribution is -2.02. The fourth-order valence-electron chi connectivity index (χ4n) is 2.17. The molecular formula is C16H25ClO3S. The van der Waals surface area contributed by atoms with E-state index in [1.807, 2.05) is 13.0 Å². The molecule has 0 aliphatic carbocycles. The monoisotopic (exact) mass is 332 g/mol. The fraction of sp³-hybridized carbons (Fsp3) is 0.625. The van der Waals surface area contributed by atoms with Gasteiger partial charge in [-0.25, -0.2) is 8.42 Å². The average Bonchev–Trinajstić information content (AvgIpc) is 2.42. The van der Waals surface area contributed by atoms with Crippen LogP contribution in [0.15, 0.2) is 23.1 Å². The van der Waals surface area contributed by atoms with Crippen LogP contribution in [0.4, 0.5) is 0 Å². The van der Waals surface area contributed by atoms with Crippen molar-refractivity contribution < 1.29 is 13.2 Å². The Morgan fingerprint density at radius 2 is 1.67 bits per heavy atom. The van der Waals surface area contributed by atoms with Crippen LogP contribution in [0.1, 0.15) is 57.4 Å². The quantitative estimate of drug-likeness (QED) is 0.444. The van der Waals surface area contributed by atoms with Gasteiger partial charge >= 0.3 is 0 Å². The highest BCUT2D eigenvalue weighted by molar-refractivity contribution is 8.13. The van der Waals surface area contributed by atoms with Crippen LogP contribution >= 0.6 is 10.7 Å². The topological polar surface area (TPSA) is 43.4 Å². The number of ether oxygens (including phenoxy) is 1. The first kappa shape index (κ1) is 18.3. The molecule has 0 N–H and O–H groups in total. The molecule has 0 atom stereocenters. The van der Waals surface area contributed by atoms with E-state index in [0.29, 0.717) is 12.4 Å². The minimum atomic E-state index is -3.77. The van der Waals surface area contributed by atoms with E-state index in [1.54, 1.807) is 12.1 Å². The van der Waals surface area contributed by atoms with Gasteiger partial charge in [0.2, 0.25) is 0 Å². The normalized spacial score (nSPS) is 11.6. The van der Waals surface area contributed by atoms with Gasteiger partial charge in [-0.15, -0.1) is 0 Å². The van der Waals surface area contributed by atoms with E-state index >= 15 is 0 Å². The molecule has 3 nitrogen and oxygen atoms in total. The molecule has 0 fully saturated rings. The lowest BCUT2D eigenvalue weighted by Gasteiger charge is -2.10. The van der Waals surface area contributed by atoms with E-state index in [-0.39, 0.29) is 4.90 Å². The van der Waals surface area contributed by atoms with Crippen LogP contribution < -0.4 is 4.74 Å². The smallest absolute Gasteiger partial charge is 0.264 e. The van der Waals surface area contributed by atoms with Gasteiger partial charge in [-0.1, -0.05) is 51.5 Å². The molecule has 0 spiro atoms. The molecule has 0 bridgehead atoms. The molecule has 120 valence electrons. The van der Waals surface area contributed by atoms with Gasteiger partial charge in [0.15, 0.2) is 0 Å². The predicted octanol–water partition coefficient (Wildman–Crippen LogP) is 5.05. The van der Waals surface area contributed by atoms with E-state index in [0.717, 1.165) is 18.4 Å². The van der Waals surface area contributed by atoms with Crippen LogP contribution in [0, 0.1) is 6.92 Å². The summed E-state index contributed by atoms with van der Waals surface area (Å²) in [5.74, 6) is 0.349. The van der Waals surface area contributed by atoms with E-state index in [9.17, 15) is 8.42 Å². The van der Waals surface area contributed by atoms with E-state index in [4.69, 9.17) is 15.4 Å². The largest absolute Gasteiger partial charge is 0.492 e. The van der Waals surface area contributed by atoms with Crippen molar-refractivity contribution in [3.63, 3.8) is 0 Å². The summed E-state index contributed by atoms with van der Waals surface area (Å²) in [6.45, 7) is 4.56. The minimum Gasteiger partial charge on any atom is -0.492 e. The zero-order valence-electron chi connectivity index (χ0n) is 12.9. The fourth-order valence-corrected chi connectivity index (χ4v) is 3.22. The maximum absolute atomic E-state index is 11.5. The average molecular weight is 333 g/mol. The first-order chi connectivity index (χ1) is 9.95. The Hall–Kier alpha value is -0.740. The first-order valence-corrected chi connectivity index (χ1v) is 9.94. The summed E-state index contributed by atoms with van der Waals surface area (Å²) in [5.41, 5.74) is 0.845. The molecule has 1 rings (SSSR count). The summed E-state index contributed by atoms with van der Waals surface area (Å²) >= 11 is 0. The van der Waals surface area contributed by atoms with Gasteiger partial charge in [0.05, 0.1) is 6.61 Å². The third-order valence-electron chi connectivity index (χ3n) is 3.37. The summed E-state index contributed by atoms with van der Waals surface area (Å²) in [4.78, 5) is 0.0621. The summed E-state index contributed by atoms with van der Waals surface area (Å²) in [6, 6.07) is 5.04. The molecule has 0 aromatic heterocycles. The van der Waals surface area contributed by atoms with Crippen LogP contribution in [0.2, 0.25) is 0 Å². The summed E-state index contributed by atoms with van der Waals surface area (Å²) in [6.07, 6.45) is 8.37. The molecule has 0 radical (unpaired) electrons. The molecule has 0 amide bonds. The molecule has 1 aromatic rings. The Balaban J connectivity index is 2.39. The molecule has 0 aliphatic rings. The molecule has 0 heterocycles. The number of halogens is 1. The Kier molecular flexibility index (Phi) is 8.12. The SMILES string of the molecule is CCCCCCCCCOc1ccc(C)cc1S(=O)(=O)Cl. The number of hydrogen-bond donors (Lipinski definition) is 0. The molecule has 5 heteroatoms. The maximum atomic E-state index is 11.5. The highest BCUT2D eigenvalue weighted by Gasteiger charge is 2.16. The zero-order valence-corrected chi connectivity index (χ0v) is 14.5. The number of hydrogen-bond acceptors (Lipinski definition) is 3. The second-order valence-electron chi connectivity index (χ2n) is 5.36. The van der Waals surface area contributed by atoms with Gasteiger partial charge in [-0.2, -0.15) is 0 Å². The second-order valence-corrected chi connectivity index (χ2v) is 7.89. The predicted molar refractivity (Wildman–Crippen MR) is 87.7 cm³/mol. The molecule has 0 unspecified atom stereocenters. The third-order valence-corrected chi connectivity index (χ3v) is 4.71.